The molecule has 2 aromatic carbocycles. The molecule has 0 aliphatic carbocycles. The summed E-state index contributed by atoms with van der Waals surface area (Å²) in [5.41, 5.74) is 1.83. The van der Waals surface area contributed by atoms with Gasteiger partial charge in [-0.15, -0.1) is 0 Å². The maximum absolute atomic E-state index is 12.4. The van der Waals surface area contributed by atoms with Gasteiger partial charge in [0.1, 0.15) is 6.04 Å². The van der Waals surface area contributed by atoms with E-state index in [-0.39, 0.29) is 30.7 Å². The Hall–Kier alpha value is -3.48. The van der Waals surface area contributed by atoms with Crippen molar-refractivity contribution in [3.05, 3.63) is 71.3 Å². The van der Waals surface area contributed by atoms with E-state index in [1.807, 2.05) is 30.3 Å². The lowest BCUT2D eigenvalue weighted by Gasteiger charge is -2.17. The van der Waals surface area contributed by atoms with Gasteiger partial charge in [0.2, 0.25) is 5.91 Å². The predicted molar refractivity (Wildman–Crippen MR) is 119 cm³/mol. The van der Waals surface area contributed by atoms with Gasteiger partial charge in [0.05, 0.1) is 17.7 Å². The molecule has 0 bridgehead atoms. The van der Waals surface area contributed by atoms with Crippen molar-refractivity contribution in [3.8, 4) is 0 Å². The fourth-order valence-corrected chi connectivity index (χ4v) is 3.73. The fraction of sp³-hybridized carbons (Fsp3) is 0.360. The zero-order valence-corrected chi connectivity index (χ0v) is 18.2. The van der Waals surface area contributed by atoms with Crippen LogP contribution < -0.4 is 5.32 Å². The minimum absolute atomic E-state index is 0.222. The SMILES string of the molecule is CCOC(=O)C(Cc1ccccc1)NC(=O)CCCCCN1C(=O)c2ccccc2C1=O. The third kappa shape index (κ3) is 5.81. The van der Waals surface area contributed by atoms with E-state index < -0.39 is 12.0 Å². The maximum atomic E-state index is 12.4. The van der Waals surface area contributed by atoms with E-state index in [1.165, 1.54) is 4.90 Å². The summed E-state index contributed by atoms with van der Waals surface area (Å²) in [6.07, 6.45) is 2.52. The number of hydrogen-bond acceptors (Lipinski definition) is 5. The Bertz CT molecular complexity index is 938. The van der Waals surface area contributed by atoms with Crippen LogP contribution in [0.1, 0.15) is 58.9 Å². The number of nitrogens with zero attached hydrogens (tertiary/aromatic N) is 1. The van der Waals surface area contributed by atoms with Gasteiger partial charge in [0, 0.05) is 19.4 Å². The van der Waals surface area contributed by atoms with Gasteiger partial charge >= 0.3 is 5.97 Å². The minimum atomic E-state index is -0.733. The van der Waals surface area contributed by atoms with Crippen molar-refractivity contribution < 1.29 is 23.9 Å². The first-order chi connectivity index (χ1) is 15.5. The molecule has 168 valence electrons. The van der Waals surface area contributed by atoms with Crippen molar-refractivity contribution in [3.63, 3.8) is 0 Å². The molecule has 1 unspecified atom stereocenters. The van der Waals surface area contributed by atoms with Crippen LogP contribution in [0.15, 0.2) is 54.6 Å². The third-order valence-electron chi connectivity index (χ3n) is 5.35. The van der Waals surface area contributed by atoms with Gasteiger partial charge in [0.25, 0.3) is 11.8 Å². The number of rotatable bonds is 11. The van der Waals surface area contributed by atoms with Crippen molar-refractivity contribution in [1.82, 2.24) is 10.2 Å². The van der Waals surface area contributed by atoms with E-state index in [4.69, 9.17) is 4.74 Å². The lowest BCUT2D eigenvalue weighted by atomic mass is 10.1. The summed E-state index contributed by atoms with van der Waals surface area (Å²) >= 11 is 0. The Balaban J connectivity index is 1.42. The molecule has 7 nitrogen and oxygen atoms in total. The summed E-state index contributed by atoms with van der Waals surface area (Å²) in [7, 11) is 0. The number of carbonyl (C=O) groups excluding carboxylic acids is 4. The number of imide groups is 1. The second kappa shape index (κ2) is 11.2. The number of amides is 3. The minimum Gasteiger partial charge on any atom is -0.464 e. The molecule has 0 fully saturated rings. The number of unbranched alkanes of at least 4 members (excludes halogenated alkanes) is 2. The molecule has 7 heteroatoms. The molecule has 32 heavy (non-hydrogen) atoms. The van der Waals surface area contributed by atoms with E-state index >= 15 is 0 Å². The van der Waals surface area contributed by atoms with Crippen LogP contribution >= 0.6 is 0 Å². The van der Waals surface area contributed by atoms with Gasteiger partial charge in [-0.1, -0.05) is 48.9 Å². The van der Waals surface area contributed by atoms with Gasteiger partial charge in [-0.05, 0) is 37.5 Å². The number of hydrogen-bond donors (Lipinski definition) is 1. The average Bonchev–Trinajstić information content (AvgIpc) is 3.04. The normalized spacial score (nSPS) is 13.6. The first-order valence-electron chi connectivity index (χ1n) is 11.0. The second-order valence-corrected chi connectivity index (χ2v) is 7.68. The average molecular weight is 437 g/mol. The number of fused-ring (bicyclic) bond motifs is 1. The fourth-order valence-electron chi connectivity index (χ4n) is 3.73. The Kier molecular flexibility index (Phi) is 8.14. The lowest BCUT2D eigenvalue weighted by molar-refractivity contribution is -0.147. The highest BCUT2D eigenvalue weighted by molar-refractivity contribution is 6.21. The van der Waals surface area contributed by atoms with Crippen LogP contribution in [0, 0.1) is 0 Å². The first-order valence-corrected chi connectivity index (χ1v) is 11.0. The van der Waals surface area contributed by atoms with Crippen LogP contribution in [0.2, 0.25) is 0 Å². The molecule has 1 heterocycles. The van der Waals surface area contributed by atoms with Gasteiger partial charge < -0.3 is 10.1 Å². The highest BCUT2D eigenvalue weighted by Gasteiger charge is 2.34. The van der Waals surface area contributed by atoms with Crippen LogP contribution in [0.4, 0.5) is 0 Å². The molecule has 1 N–H and O–H groups in total. The molecule has 0 saturated heterocycles. The molecule has 0 aromatic heterocycles. The Morgan fingerprint density at radius 2 is 1.53 bits per heavy atom. The van der Waals surface area contributed by atoms with Crippen LogP contribution in [0.25, 0.3) is 0 Å². The van der Waals surface area contributed by atoms with E-state index in [1.54, 1.807) is 31.2 Å². The summed E-state index contributed by atoms with van der Waals surface area (Å²) < 4.78 is 5.10. The third-order valence-corrected chi connectivity index (χ3v) is 5.35. The van der Waals surface area contributed by atoms with Crippen molar-refractivity contribution in [1.29, 1.82) is 0 Å². The topological polar surface area (TPSA) is 92.8 Å². The molecule has 1 aliphatic heterocycles. The molecule has 0 saturated carbocycles. The van der Waals surface area contributed by atoms with E-state index in [9.17, 15) is 19.2 Å². The Labute approximate surface area is 187 Å². The number of benzene rings is 2. The van der Waals surface area contributed by atoms with Crippen LogP contribution in [0.3, 0.4) is 0 Å². The molecular formula is C25H28N2O5. The number of nitrogens with one attached hydrogen (secondary N) is 1. The quantitative estimate of drug-likeness (QED) is 0.332. The predicted octanol–water partition coefficient (Wildman–Crippen LogP) is 3.13. The Morgan fingerprint density at radius 3 is 2.16 bits per heavy atom. The van der Waals surface area contributed by atoms with Gasteiger partial charge in [-0.2, -0.15) is 0 Å². The van der Waals surface area contributed by atoms with Gasteiger partial charge in [0.15, 0.2) is 0 Å². The molecule has 0 radical (unpaired) electrons. The highest BCUT2D eigenvalue weighted by atomic mass is 16.5. The van der Waals surface area contributed by atoms with E-state index in [0.717, 1.165) is 5.56 Å². The van der Waals surface area contributed by atoms with Crippen LogP contribution in [-0.2, 0) is 20.7 Å². The lowest BCUT2D eigenvalue weighted by Crippen LogP contribution is -2.43. The summed E-state index contributed by atoms with van der Waals surface area (Å²) in [6.45, 7) is 2.30. The largest absolute Gasteiger partial charge is 0.464 e. The Morgan fingerprint density at radius 1 is 0.906 bits per heavy atom. The molecule has 3 rings (SSSR count). The maximum Gasteiger partial charge on any atom is 0.328 e. The van der Waals surface area contributed by atoms with Crippen LogP contribution in [-0.4, -0.2) is 47.8 Å². The smallest absolute Gasteiger partial charge is 0.328 e. The molecular weight excluding hydrogens is 408 g/mol. The van der Waals surface area contributed by atoms with Gasteiger partial charge in [-0.3, -0.25) is 19.3 Å². The number of esters is 1. The molecule has 1 aliphatic rings. The van der Waals surface area contributed by atoms with E-state index in [2.05, 4.69) is 5.32 Å². The molecule has 1 atom stereocenters. The van der Waals surface area contributed by atoms with Crippen molar-refractivity contribution >= 4 is 23.7 Å². The summed E-state index contributed by atoms with van der Waals surface area (Å²) in [6, 6.07) is 15.5. The second-order valence-electron chi connectivity index (χ2n) is 7.68. The summed E-state index contributed by atoms with van der Waals surface area (Å²) in [5.74, 6) is -1.20. The molecule has 0 spiro atoms. The van der Waals surface area contributed by atoms with Crippen LogP contribution in [0.5, 0.6) is 0 Å². The zero-order chi connectivity index (χ0) is 22.9. The first kappa shape index (κ1) is 23.2. The molecule has 3 amide bonds. The monoisotopic (exact) mass is 436 g/mol. The van der Waals surface area contributed by atoms with Gasteiger partial charge in [-0.25, -0.2) is 4.79 Å². The summed E-state index contributed by atoms with van der Waals surface area (Å²) in [4.78, 5) is 50.6. The molecule has 2 aromatic rings. The van der Waals surface area contributed by atoms with Crippen molar-refractivity contribution in [2.75, 3.05) is 13.2 Å². The summed E-state index contributed by atoms with van der Waals surface area (Å²) in [5, 5.41) is 2.78. The van der Waals surface area contributed by atoms with E-state index in [0.29, 0.717) is 43.4 Å². The standard InChI is InChI=1S/C25H28N2O5/c1-2-32-25(31)21(17-18-11-5-3-6-12-18)26-22(28)15-7-4-10-16-27-23(29)19-13-8-9-14-20(19)24(27)30/h3,5-6,8-9,11-14,21H,2,4,7,10,15-17H2,1H3,(H,26,28). The number of ether oxygens (including phenoxy) is 1. The highest BCUT2D eigenvalue weighted by Crippen LogP contribution is 2.22. The van der Waals surface area contributed by atoms with Crippen molar-refractivity contribution in [2.24, 2.45) is 0 Å². The van der Waals surface area contributed by atoms with Crippen molar-refractivity contribution in [2.45, 2.75) is 45.1 Å². The zero-order valence-electron chi connectivity index (χ0n) is 18.2. The number of carbonyl (C=O) groups is 4.